The van der Waals surface area contributed by atoms with Crippen molar-refractivity contribution in [1.82, 2.24) is 4.90 Å². The van der Waals surface area contributed by atoms with Gasteiger partial charge in [0, 0.05) is 18.4 Å². The van der Waals surface area contributed by atoms with E-state index in [1.54, 1.807) is 0 Å². The van der Waals surface area contributed by atoms with E-state index in [4.69, 9.17) is 0 Å². The Morgan fingerprint density at radius 2 is 1.52 bits per heavy atom. The van der Waals surface area contributed by atoms with Gasteiger partial charge in [0.2, 0.25) is 0 Å². The number of likely N-dealkylation sites (tertiary alicyclic amines) is 1. The molecule has 8 unspecified atom stereocenters. The van der Waals surface area contributed by atoms with Crippen LogP contribution in [0.15, 0.2) is 0 Å². The van der Waals surface area contributed by atoms with Crippen LogP contribution in [0.3, 0.4) is 0 Å². The van der Waals surface area contributed by atoms with Gasteiger partial charge in [0.25, 0.3) is 0 Å². The van der Waals surface area contributed by atoms with Crippen molar-refractivity contribution in [2.45, 2.75) is 59.4 Å². The van der Waals surface area contributed by atoms with Gasteiger partial charge in [-0.2, -0.15) is 0 Å². The summed E-state index contributed by atoms with van der Waals surface area (Å²) in [6, 6.07) is 0.844. The Morgan fingerprint density at radius 3 is 2.00 bits per heavy atom. The zero-order valence-corrected chi connectivity index (χ0v) is 16.6. The van der Waals surface area contributed by atoms with Gasteiger partial charge in [-0.25, -0.2) is 0 Å². The van der Waals surface area contributed by atoms with Crippen molar-refractivity contribution in [2.75, 3.05) is 40.3 Å². The summed E-state index contributed by atoms with van der Waals surface area (Å²) in [6.07, 6.45) is 5.83. The van der Waals surface area contributed by atoms with Gasteiger partial charge < -0.3 is 9.38 Å². The van der Waals surface area contributed by atoms with Crippen LogP contribution in [-0.2, 0) is 0 Å². The summed E-state index contributed by atoms with van der Waals surface area (Å²) in [7, 11) is 4.90. The maximum atomic E-state index is 2.58. The average Bonchev–Trinajstić information content (AvgIpc) is 2.94. The second kappa shape index (κ2) is 6.67. The van der Waals surface area contributed by atoms with E-state index in [9.17, 15) is 0 Å². The van der Waals surface area contributed by atoms with Crippen LogP contribution in [0.2, 0.25) is 0 Å². The lowest BCUT2D eigenvalue weighted by Crippen LogP contribution is -2.53. The lowest BCUT2D eigenvalue weighted by atomic mass is 9.50. The highest BCUT2D eigenvalue weighted by atomic mass is 15.4. The molecule has 3 saturated carbocycles. The van der Waals surface area contributed by atoms with Crippen molar-refractivity contribution in [2.24, 2.45) is 35.5 Å². The third kappa shape index (κ3) is 2.88. The summed E-state index contributed by atoms with van der Waals surface area (Å²) < 4.78 is 1.37. The van der Waals surface area contributed by atoms with Crippen LogP contribution in [-0.4, -0.2) is 55.7 Å². The van der Waals surface area contributed by atoms with E-state index in [0.717, 1.165) is 41.5 Å². The molecule has 0 radical (unpaired) electrons. The van der Waals surface area contributed by atoms with Crippen molar-refractivity contribution in [3.63, 3.8) is 0 Å². The molecule has 134 valence electrons. The molecule has 23 heavy (non-hydrogen) atoms. The van der Waals surface area contributed by atoms with Crippen LogP contribution in [0.4, 0.5) is 0 Å². The van der Waals surface area contributed by atoms with Gasteiger partial charge in [-0.1, -0.05) is 27.2 Å². The lowest BCUT2D eigenvalue weighted by molar-refractivity contribution is -0.923. The molecule has 4 fully saturated rings. The van der Waals surface area contributed by atoms with Gasteiger partial charge in [0.05, 0.1) is 26.2 Å². The Morgan fingerprint density at radius 1 is 0.957 bits per heavy atom. The fourth-order valence-corrected chi connectivity index (χ4v) is 6.89. The highest BCUT2D eigenvalue weighted by Gasteiger charge is 2.60. The second-order valence-electron chi connectivity index (χ2n) is 9.43. The van der Waals surface area contributed by atoms with E-state index >= 15 is 0 Å². The molecule has 2 heteroatoms. The van der Waals surface area contributed by atoms with Gasteiger partial charge >= 0.3 is 0 Å². The third-order valence-corrected chi connectivity index (χ3v) is 8.58. The largest absolute Gasteiger partial charge is 0.323 e. The number of quaternary nitrogens is 1. The van der Waals surface area contributed by atoms with E-state index in [1.165, 1.54) is 56.3 Å². The number of hydrogen-bond donors (Lipinski definition) is 0. The summed E-state index contributed by atoms with van der Waals surface area (Å²) in [6.45, 7) is 15.2. The standard InChI is InChI=1S/C21H41N2/c1-7-15(4)23(6)13-20-17-10-11-18(21(20)14-23)19(16(17)8-2)12-22(5)9-3/h15-21H,7-14H2,1-6H3/q+1. The van der Waals surface area contributed by atoms with Crippen molar-refractivity contribution >= 4 is 0 Å². The van der Waals surface area contributed by atoms with Gasteiger partial charge in [-0.3, -0.25) is 0 Å². The summed E-state index contributed by atoms with van der Waals surface area (Å²) in [4.78, 5) is 2.58. The van der Waals surface area contributed by atoms with Gasteiger partial charge in [-0.05, 0) is 63.5 Å². The maximum absolute atomic E-state index is 2.58. The first kappa shape index (κ1) is 17.7. The molecule has 0 aromatic heterocycles. The molecule has 0 spiro atoms. The maximum Gasteiger partial charge on any atom is 0.0857 e. The molecular formula is C21H41N2+. The van der Waals surface area contributed by atoms with Gasteiger partial charge in [0.15, 0.2) is 0 Å². The van der Waals surface area contributed by atoms with Gasteiger partial charge in [0.1, 0.15) is 0 Å². The number of hydrogen-bond acceptors (Lipinski definition) is 1. The zero-order valence-electron chi connectivity index (χ0n) is 16.6. The Labute approximate surface area is 145 Å². The lowest BCUT2D eigenvalue weighted by Gasteiger charge is -2.54. The fourth-order valence-electron chi connectivity index (χ4n) is 6.89. The molecule has 3 aliphatic carbocycles. The Balaban J connectivity index is 1.83. The van der Waals surface area contributed by atoms with E-state index in [2.05, 4.69) is 46.7 Å². The third-order valence-electron chi connectivity index (χ3n) is 8.58. The summed E-state index contributed by atoms with van der Waals surface area (Å²) in [5, 5.41) is 0. The Hall–Kier alpha value is -0.0800. The van der Waals surface area contributed by atoms with Crippen molar-refractivity contribution in [1.29, 1.82) is 0 Å². The average molecular weight is 322 g/mol. The molecule has 0 N–H and O–H groups in total. The molecule has 4 rings (SSSR count). The molecule has 1 heterocycles. The van der Waals surface area contributed by atoms with E-state index < -0.39 is 0 Å². The molecule has 2 nitrogen and oxygen atoms in total. The minimum Gasteiger partial charge on any atom is -0.323 e. The predicted molar refractivity (Wildman–Crippen MR) is 99.3 cm³/mol. The molecule has 2 bridgehead atoms. The van der Waals surface area contributed by atoms with Crippen LogP contribution < -0.4 is 0 Å². The van der Waals surface area contributed by atoms with Crippen LogP contribution in [0.1, 0.15) is 53.4 Å². The van der Waals surface area contributed by atoms with Crippen LogP contribution in [0, 0.1) is 35.5 Å². The first-order chi connectivity index (χ1) is 10.9. The minimum absolute atomic E-state index is 0.844. The molecule has 4 aliphatic rings. The second-order valence-corrected chi connectivity index (χ2v) is 9.43. The molecular weight excluding hydrogens is 280 g/mol. The van der Waals surface area contributed by atoms with E-state index in [-0.39, 0.29) is 0 Å². The van der Waals surface area contributed by atoms with Crippen LogP contribution in [0.5, 0.6) is 0 Å². The van der Waals surface area contributed by atoms with Crippen molar-refractivity contribution in [3.05, 3.63) is 0 Å². The Kier molecular flexibility index (Phi) is 5.14. The molecule has 1 saturated heterocycles. The van der Waals surface area contributed by atoms with Crippen LogP contribution >= 0.6 is 0 Å². The molecule has 0 amide bonds. The Bertz CT molecular complexity index is 409. The van der Waals surface area contributed by atoms with Crippen molar-refractivity contribution in [3.8, 4) is 0 Å². The normalized spacial score (nSPS) is 47.1. The smallest absolute Gasteiger partial charge is 0.0857 e. The SMILES string of the molecule is CCC1C2CCC(C1CN(C)CC)C1C[N+](C)(C(C)CC)CC21. The van der Waals surface area contributed by atoms with E-state index in [1.807, 2.05) is 0 Å². The minimum atomic E-state index is 0.844. The monoisotopic (exact) mass is 321 g/mol. The first-order valence-electron chi connectivity index (χ1n) is 10.5. The predicted octanol–water partition coefficient (Wildman–Crippen LogP) is 4.11. The summed E-state index contributed by atoms with van der Waals surface area (Å²) in [5.74, 6) is 6.12. The first-order valence-corrected chi connectivity index (χ1v) is 10.5. The summed E-state index contributed by atoms with van der Waals surface area (Å²) >= 11 is 0. The molecule has 8 atom stereocenters. The highest BCUT2D eigenvalue weighted by molar-refractivity contribution is 5.03. The topological polar surface area (TPSA) is 3.24 Å². The molecule has 0 aromatic carbocycles. The quantitative estimate of drug-likeness (QED) is 0.665. The molecule has 1 aliphatic heterocycles. The zero-order chi connectivity index (χ0) is 16.8. The molecule has 0 aromatic rings. The highest BCUT2D eigenvalue weighted by Crippen LogP contribution is 2.59. The number of rotatable bonds is 6. The number of fused-ring (bicyclic) bond motifs is 2. The van der Waals surface area contributed by atoms with Gasteiger partial charge in [-0.15, -0.1) is 0 Å². The van der Waals surface area contributed by atoms with Crippen LogP contribution in [0.25, 0.3) is 0 Å². The number of nitrogens with zero attached hydrogens (tertiary/aromatic N) is 2. The van der Waals surface area contributed by atoms with E-state index in [0.29, 0.717) is 0 Å². The van der Waals surface area contributed by atoms with Crippen molar-refractivity contribution < 1.29 is 4.48 Å². The summed E-state index contributed by atoms with van der Waals surface area (Å²) in [5.41, 5.74) is 0. The fraction of sp³-hybridized carbons (Fsp3) is 1.00.